The van der Waals surface area contributed by atoms with Gasteiger partial charge in [0.2, 0.25) is 11.6 Å². The summed E-state index contributed by atoms with van der Waals surface area (Å²) in [4.78, 5) is 56.0. The quantitative estimate of drug-likeness (QED) is 0.0671. The summed E-state index contributed by atoms with van der Waals surface area (Å²) in [5.41, 5.74) is -1.30. The Morgan fingerprint density at radius 3 is 2.11 bits per heavy atom. The Kier molecular flexibility index (Phi) is 9.29. The third-order valence-corrected chi connectivity index (χ3v) is 7.68. The summed E-state index contributed by atoms with van der Waals surface area (Å²) in [7, 11) is 0. The highest BCUT2D eigenvalue weighted by atomic mass is 32.1. The second-order valence-corrected chi connectivity index (χ2v) is 10.9. The number of rotatable bonds is 10. The molecule has 0 radical (unpaired) electrons. The lowest BCUT2D eigenvalue weighted by Crippen LogP contribution is -2.71. The largest absolute Gasteiger partial charge is 0.478 e. The number of thiocarbonyl (C=S) groups is 1. The molecule has 0 unspecified atom stereocenters. The number of imide groups is 1. The fraction of sp³-hybridized carbons (Fsp3) is 0.226. The van der Waals surface area contributed by atoms with Gasteiger partial charge in [-0.05, 0) is 48.3 Å². The lowest BCUT2D eigenvalue weighted by atomic mass is 9.89. The molecule has 2 atom stereocenters. The van der Waals surface area contributed by atoms with E-state index in [1.165, 1.54) is 11.1 Å². The minimum atomic E-state index is -2.34. The molecule has 13 heteroatoms. The molecule has 0 saturated carbocycles. The van der Waals surface area contributed by atoms with Crippen LogP contribution in [0.15, 0.2) is 90.0 Å². The van der Waals surface area contributed by atoms with Crippen LogP contribution in [-0.4, -0.2) is 60.8 Å². The van der Waals surface area contributed by atoms with Gasteiger partial charge in [0.25, 0.3) is 5.91 Å². The van der Waals surface area contributed by atoms with E-state index in [4.69, 9.17) is 18.1 Å². The standard InChI is InChI=1S/C31H33N7O5S/c1-21(39)38(31(3,27(41)42)35-28(44)33-18-22-10-6-4-7-11-22)37-26(40)30(2,25-16-14-23(15-17-25)19-34-32)36(29(37)43)20-24-12-8-5-9-13-24/h4-17,19H,18,20,32H2,1-3H3,(H,41,42)(H2,33,35,44)/t30-,31+/m1/s1. The van der Waals surface area contributed by atoms with E-state index in [0.29, 0.717) is 26.7 Å². The van der Waals surface area contributed by atoms with Gasteiger partial charge in [0.1, 0.15) is 5.54 Å². The number of carboxylic acid groups (broad SMARTS) is 1. The number of benzene rings is 3. The number of hydrazine groups is 1. The van der Waals surface area contributed by atoms with E-state index >= 15 is 0 Å². The molecular weight excluding hydrogens is 582 g/mol. The third-order valence-electron chi connectivity index (χ3n) is 7.43. The molecule has 1 aliphatic rings. The zero-order valence-electron chi connectivity index (χ0n) is 24.4. The predicted octanol–water partition coefficient (Wildman–Crippen LogP) is 2.89. The van der Waals surface area contributed by atoms with Crippen LogP contribution in [0.25, 0.3) is 0 Å². The molecule has 1 aliphatic heterocycles. The molecule has 228 valence electrons. The van der Waals surface area contributed by atoms with E-state index in [2.05, 4.69) is 15.7 Å². The first-order chi connectivity index (χ1) is 20.9. The number of nitrogens with zero attached hydrogens (tertiary/aromatic N) is 4. The fourth-order valence-corrected chi connectivity index (χ4v) is 5.31. The lowest BCUT2D eigenvalue weighted by molar-refractivity contribution is -0.180. The average Bonchev–Trinajstić information content (AvgIpc) is 3.18. The Balaban J connectivity index is 1.75. The summed E-state index contributed by atoms with van der Waals surface area (Å²) in [6, 6.07) is 24.0. The number of nitrogens with one attached hydrogen (secondary N) is 2. The van der Waals surface area contributed by atoms with E-state index in [-0.39, 0.29) is 18.2 Å². The summed E-state index contributed by atoms with van der Waals surface area (Å²) in [6.45, 7) is 4.04. The Morgan fingerprint density at radius 1 is 1.02 bits per heavy atom. The van der Waals surface area contributed by atoms with E-state index < -0.39 is 35.0 Å². The van der Waals surface area contributed by atoms with Crippen LogP contribution >= 0.6 is 12.2 Å². The van der Waals surface area contributed by atoms with Crippen LogP contribution in [0.4, 0.5) is 4.79 Å². The molecule has 1 fully saturated rings. The van der Waals surface area contributed by atoms with Gasteiger partial charge in [-0.1, -0.05) is 84.9 Å². The van der Waals surface area contributed by atoms with Crippen molar-refractivity contribution in [2.24, 2.45) is 10.9 Å². The van der Waals surface area contributed by atoms with Crippen LogP contribution in [-0.2, 0) is 33.0 Å². The second-order valence-electron chi connectivity index (χ2n) is 10.4. The summed E-state index contributed by atoms with van der Waals surface area (Å²) < 4.78 is 0. The van der Waals surface area contributed by atoms with Gasteiger partial charge in [0.15, 0.2) is 5.11 Å². The highest BCUT2D eigenvalue weighted by Crippen LogP contribution is 2.40. The van der Waals surface area contributed by atoms with Crippen molar-refractivity contribution in [1.82, 2.24) is 25.6 Å². The number of carbonyl (C=O) groups excluding carboxylic acids is 3. The van der Waals surface area contributed by atoms with Crippen LogP contribution < -0.4 is 16.5 Å². The first-order valence-corrected chi connectivity index (χ1v) is 14.0. The number of amides is 4. The van der Waals surface area contributed by atoms with Crippen molar-refractivity contribution >= 4 is 47.4 Å². The molecule has 1 heterocycles. The Hall–Kier alpha value is -5.30. The van der Waals surface area contributed by atoms with Gasteiger partial charge in [-0.2, -0.15) is 10.1 Å². The van der Waals surface area contributed by atoms with Gasteiger partial charge in [0.05, 0.1) is 6.21 Å². The van der Waals surface area contributed by atoms with Crippen molar-refractivity contribution in [3.63, 3.8) is 0 Å². The number of aliphatic carboxylic acids is 1. The van der Waals surface area contributed by atoms with E-state index in [1.807, 2.05) is 36.4 Å². The Labute approximate surface area is 260 Å². The number of carboxylic acids is 1. The van der Waals surface area contributed by atoms with Crippen molar-refractivity contribution in [3.8, 4) is 0 Å². The van der Waals surface area contributed by atoms with E-state index in [0.717, 1.165) is 19.4 Å². The third kappa shape index (κ3) is 6.08. The molecule has 3 aromatic carbocycles. The van der Waals surface area contributed by atoms with Gasteiger partial charge in [-0.25, -0.2) is 14.6 Å². The molecule has 0 spiro atoms. The molecule has 4 amide bonds. The molecule has 3 aromatic rings. The molecule has 5 N–H and O–H groups in total. The molecule has 44 heavy (non-hydrogen) atoms. The summed E-state index contributed by atoms with van der Waals surface area (Å²) in [5, 5.41) is 20.6. The van der Waals surface area contributed by atoms with Crippen molar-refractivity contribution in [3.05, 3.63) is 107 Å². The van der Waals surface area contributed by atoms with Crippen molar-refractivity contribution in [1.29, 1.82) is 0 Å². The number of carbonyl (C=O) groups is 4. The zero-order valence-corrected chi connectivity index (χ0v) is 25.2. The molecular formula is C31H33N7O5S. The van der Waals surface area contributed by atoms with Crippen LogP contribution in [0.1, 0.15) is 43.0 Å². The maximum atomic E-state index is 14.4. The summed E-state index contributed by atoms with van der Waals surface area (Å²) in [5.74, 6) is 2.01. The minimum Gasteiger partial charge on any atom is -0.478 e. The smallest absolute Gasteiger partial charge is 0.352 e. The molecule has 1 saturated heterocycles. The molecule has 4 rings (SSSR count). The highest BCUT2D eigenvalue weighted by Gasteiger charge is 2.61. The highest BCUT2D eigenvalue weighted by molar-refractivity contribution is 7.80. The van der Waals surface area contributed by atoms with E-state index in [1.54, 1.807) is 55.5 Å². The van der Waals surface area contributed by atoms with E-state index in [9.17, 15) is 24.3 Å². The van der Waals surface area contributed by atoms with Gasteiger partial charge in [-0.3, -0.25) is 14.5 Å². The summed E-state index contributed by atoms with van der Waals surface area (Å²) >= 11 is 5.38. The van der Waals surface area contributed by atoms with Crippen molar-refractivity contribution in [2.75, 3.05) is 0 Å². The number of hydrogen-bond donors (Lipinski definition) is 4. The first-order valence-electron chi connectivity index (χ1n) is 13.6. The lowest BCUT2D eigenvalue weighted by Gasteiger charge is -2.41. The summed E-state index contributed by atoms with van der Waals surface area (Å²) in [6.07, 6.45) is 1.43. The minimum absolute atomic E-state index is 0.00950. The molecule has 0 aliphatic carbocycles. The number of nitrogens with two attached hydrogens (primary N) is 1. The SMILES string of the molecule is CC(=O)N(N1C(=O)N(Cc2ccccc2)[C@](C)(c2ccc(C=NN)cc2)C1=O)[C@](C)(NC(=S)NCc1ccccc1)C(=O)O. The number of hydrogen-bond acceptors (Lipinski definition) is 7. The molecule has 0 aromatic heterocycles. The Bertz CT molecular complexity index is 1590. The van der Waals surface area contributed by atoms with Crippen LogP contribution in [0.2, 0.25) is 0 Å². The average molecular weight is 616 g/mol. The van der Waals surface area contributed by atoms with Gasteiger partial charge < -0.3 is 21.6 Å². The second kappa shape index (κ2) is 12.9. The maximum Gasteiger partial charge on any atom is 0.352 e. The Morgan fingerprint density at radius 2 is 1.59 bits per heavy atom. The topological polar surface area (TPSA) is 161 Å². The first kappa shape index (κ1) is 31.6. The normalized spacial score (nSPS) is 17.8. The van der Waals surface area contributed by atoms with Crippen molar-refractivity contribution < 1.29 is 24.3 Å². The van der Waals surface area contributed by atoms with Gasteiger partial charge >= 0.3 is 12.0 Å². The van der Waals surface area contributed by atoms with Gasteiger partial charge in [0, 0.05) is 20.0 Å². The maximum absolute atomic E-state index is 14.4. The van der Waals surface area contributed by atoms with Crippen molar-refractivity contribution in [2.45, 2.75) is 45.1 Å². The van der Waals surface area contributed by atoms with Crippen LogP contribution in [0, 0.1) is 0 Å². The van der Waals surface area contributed by atoms with Gasteiger partial charge in [-0.15, -0.1) is 0 Å². The number of urea groups is 1. The number of hydrazone groups is 1. The fourth-order valence-electron chi connectivity index (χ4n) is 5.04. The molecule has 12 nitrogen and oxygen atoms in total. The monoisotopic (exact) mass is 615 g/mol. The van der Waals surface area contributed by atoms with Crippen LogP contribution in [0.3, 0.4) is 0 Å². The zero-order chi connectivity index (χ0) is 32.1. The molecule has 0 bridgehead atoms. The predicted molar refractivity (Wildman–Crippen MR) is 167 cm³/mol. The van der Waals surface area contributed by atoms with Crippen LogP contribution in [0.5, 0.6) is 0 Å².